The molecule has 1 aliphatic heterocycles. The summed E-state index contributed by atoms with van der Waals surface area (Å²) in [6.45, 7) is 5.42. The van der Waals surface area contributed by atoms with Gasteiger partial charge in [0, 0.05) is 22.2 Å². The van der Waals surface area contributed by atoms with Crippen LogP contribution in [0.5, 0.6) is 0 Å². The van der Waals surface area contributed by atoms with Crippen molar-refractivity contribution in [3.8, 4) is 5.69 Å². The van der Waals surface area contributed by atoms with Crippen molar-refractivity contribution in [2.75, 3.05) is 25.4 Å². The summed E-state index contributed by atoms with van der Waals surface area (Å²) >= 11 is 1.79. The zero-order valence-electron chi connectivity index (χ0n) is 19.4. The van der Waals surface area contributed by atoms with Crippen molar-refractivity contribution in [3.63, 3.8) is 0 Å². The number of thioether (sulfide) groups is 1. The van der Waals surface area contributed by atoms with Crippen LogP contribution >= 0.6 is 11.8 Å². The van der Waals surface area contributed by atoms with Crippen LogP contribution < -0.4 is 0 Å². The van der Waals surface area contributed by atoms with Gasteiger partial charge in [-0.05, 0) is 105 Å². The first-order chi connectivity index (χ1) is 16.6. The molecule has 2 aromatic heterocycles. The molecule has 1 saturated heterocycles. The SMILES string of the molecule is CCc1c(C2CCN(CCCSc3ccc(F)cc3)CC2)c2ccc(F)cc2n1-c1cn[nH]c1. The topological polar surface area (TPSA) is 36.9 Å². The molecule has 4 nitrogen and oxygen atoms in total. The summed E-state index contributed by atoms with van der Waals surface area (Å²) in [4.78, 5) is 3.68. The first kappa shape index (κ1) is 23.1. The van der Waals surface area contributed by atoms with E-state index in [1.54, 1.807) is 30.1 Å². The molecule has 7 heteroatoms. The summed E-state index contributed by atoms with van der Waals surface area (Å²) in [5.41, 5.74) is 4.52. The van der Waals surface area contributed by atoms with E-state index in [0.29, 0.717) is 5.92 Å². The summed E-state index contributed by atoms with van der Waals surface area (Å²) in [7, 11) is 0. The normalized spacial score (nSPS) is 15.4. The second-order valence-corrected chi connectivity index (χ2v) is 10.1. The maximum absolute atomic E-state index is 14.2. The molecule has 2 aromatic carbocycles. The lowest BCUT2D eigenvalue weighted by molar-refractivity contribution is 0.213. The maximum atomic E-state index is 14.2. The predicted octanol–water partition coefficient (Wildman–Crippen LogP) is 6.56. The van der Waals surface area contributed by atoms with E-state index in [9.17, 15) is 8.78 Å². The second kappa shape index (κ2) is 10.3. The van der Waals surface area contributed by atoms with Gasteiger partial charge in [-0.25, -0.2) is 8.78 Å². The Morgan fingerprint density at radius 3 is 2.53 bits per heavy atom. The zero-order chi connectivity index (χ0) is 23.5. The molecule has 1 aliphatic rings. The maximum Gasteiger partial charge on any atom is 0.125 e. The minimum Gasteiger partial charge on any atom is -0.310 e. The van der Waals surface area contributed by atoms with Crippen LogP contribution in [-0.4, -0.2) is 45.1 Å². The van der Waals surface area contributed by atoms with Gasteiger partial charge in [0.05, 0.1) is 17.4 Å². The minimum atomic E-state index is -0.211. The Kier molecular flexibility index (Phi) is 7.02. The summed E-state index contributed by atoms with van der Waals surface area (Å²) in [5.74, 6) is 1.12. The van der Waals surface area contributed by atoms with Crippen LogP contribution in [-0.2, 0) is 6.42 Å². The van der Waals surface area contributed by atoms with E-state index < -0.39 is 0 Å². The van der Waals surface area contributed by atoms with Crippen molar-refractivity contribution in [2.24, 2.45) is 0 Å². The van der Waals surface area contributed by atoms with E-state index in [1.165, 1.54) is 23.4 Å². The van der Waals surface area contributed by atoms with Crippen LogP contribution in [0.3, 0.4) is 0 Å². The molecule has 1 N–H and O–H groups in total. The number of halogens is 2. The van der Waals surface area contributed by atoms with E-state index in [0.717, 1.165) is 72.6 Å². The molecular weight excluding hydrogens is 450 g/mol. The predicted molar refractivity (Wildman–Crippen MR) is 135 cm³/mol. The number of piperidine rings is 1. The Balaban J connectivity index is 1.26. The number of aromatic amines is 1. The third-order valence-corrected chi connectivity index (χ3v) is 7.94. The van der Waals surface area contributed by atoms with Gasteiger partial charge in [0.15, 0.2) is 0 Å². The number of rotatable bonds is 8. The van der Waals surface area contributed by atoms with Gasteiger partial charge in [-0.2, -0.15) is 5.10 Å². The van der Waals surface area contributed by atoms with E-state index in [4.69, 9.17) is 0 Å². The molecule has 34 heavy (non-hydrogen) atoms. The number of nitrogens with zero attached hydrogens (tertiary/aromatic N) is 3. The van der Waals surface area contributed by atoms with Gasteiger partial charge in [0.2, 0.25) is 0 Å². The molecule has 0 amide bonds. The van der Waals surface area contributed by atoms with Crippen LogP contribution in [0.15, 0.2) is 59.8 Å². The molecule has 0 saturated carbocycles. The molecule has 0 bridgehead atoms. The van der Waals surface area contributed by atoms with Crippen molar-refractivity contribution in [2.45, 2.75) is 43.4 Å². The van der Waals surface area contributed by atoms with Gasteiger partial charge in [-0.3, -0.25) is 5.10 Å². The van der Waals surface area contributed by atoms with Gasteiger partial charge in [0.25, 0.3) is 0 Å². The van der Waals surface area contributed by atoms with Crippen molar-refractivity contribution in [3.05, 3.63) is 77.8 Å². The first-order valence-electron chi connectivity index (χ1n) is 12.1. The average Bonchev–Trinajstić information content (AvgIpc) is 3.49. The molecule has 0 aliphatic carbocycles. The smallest absolute Gasteiger partial charge is 0.125 e. The number of aromatic nitrogens is 3. The molecule has 0 atom stereocenters. The third-order valence-electron chi connectivity index (χ3n) is 6.85. The number of H-pyrrole nitrogens is 1. The zero-order valence-corrected chi connectivity index (χ0v) is 20.3. The average molecular weight is 481 g/mol. The highest BCUT2D eigenvalue weighted by atomic mass is 32.2. The van der Waals surface area contributed by atoms with Gasteiger partial charge in [0.1, 0.15) is 11.6 Å². The Labute approximate surface area is 203 Å². The lowest BCUT2D eigenvalue weighted by Crippen LogP contribution is -2.34. The molecule has 1 fully saturated rings. The fraction of sp³-hybridized carbons (Fsp3) is 0.370. The third kappa shape index (κ3) is 4.77. The van der Waals surface area contributed by atoms with Gasteiger partial charge >= 0.3 is 0 Å². The van der Waals surface area contributed by atoms with Crippen LogP contribution in [0.4, 0.5) is 8.78 Å². The summed E-state index contributed by atoms with van der Waals surface area (Å²) in [6.07, 6.45) is 7.91. The Bertz CT molecular complexity index is 1230. The Hall–Kier alpha value is -2.64. The van der Waals surface area contributed by atoms with Crippen molar-refractivity contribution in [1.29, 1.82) is 0 Å². The molecule has 5 rings (SSSR count). The molecule has 0 spiro atoms. The summed E-state index contributed by atoms with van der Waals surface area (Å²) in [6, 6.07) is 11.9. The number of hydrogen-bond acceptors (Lipinski definition) is 3. The second-order valence-electron chi connectivity index (χ2n) is 8.94. The number of hydrogen-bond donors (Lipinski definition) is 1. The Morgan fingerprint density at radius 1 is 1.06 bits per heavy atom. The highest BCUT2D eigenvalue weighted by Crippen LogP contribution is 2.39. The molecule has 178 valence electrons. The monoisotopic (exact) mass is 480 g/mol. The fourth-order valence-corrected chi connectivity index (χ4v) is 6.10. The standard InChI is InChI=1S/C27H30F2N4S/c1-2-25-27(24-9-6-21(29)16-26(24)33(25)22-17-30-31-18-22)19-10-13-32(14-11-19)12-3-15-34-23-7-4-20(28)5-8-23/h4-9,16-19H,2-3,10-15H2,1H3,(H,30,31). The Morgan fingerprint density at radius 2 is 1.82 bits per heavy atom. The number of nitrogens with one attached hydrogen (secondary N) is 1. The van der Waals surface area contributed by atoms with Crippen LogP contribution in [0, 0.1) is 11.6 Å². The van der Waals surface area contributed by atoms with Crippen molar-refractivity contribution >= 4 is 22.7 Å². The quantitative estimate of drug-likeness (QED) is 0.229. The summed E-state index contributed by atoms with van der Waals surface area (Å²) < 4.78 is 29.4. The fourth-order valence-electron chi connectivity index (χ4n) is 5.26. The van der Waals surface area contributed by atoms with Gasteiger partial charge in [-0.15, -0.1) is 11.8 Å². The number of benzene rings is 2. The molecule has 0 radical (unpaired) electrons. The van der Waals surface area contributed by atoms with E-state index >= 15 is 0 Å². The van der Waals surface area contributed by atoms with Crippen molar-refractivity contribution in [1.82, 2.24) is 19.7 Å². The van der Waals surface area contributed by atoms with E-state index in [2.05, 4.69) is 26.6 Å². The highest BCUT2D eigenvalue weighted by molar-refractivity contribution is 7.99. The molecule has 0 unspecified atom stereocenters. The molecular formula is C27H30F2N4S. The molecule has 3 heterocycles. The van der Waals surface area contributed by atoms with Gasteiger partial charge in [-0.1, -0.05) is 6.92 Å². The number of likely N-dealkylation sites (tertiary alicyclic amines) is 1. The van der Waals surface area contributed by atoms with E-state index in [1.807, 2.05) is 24.4 Å². The molecule has 4 aromatic rings. The largest absolute Gasteiger partial charge is 0.310 e. The van der Waals surface area contributed by atoms with Crippen molar-refractivity contribution < 1.29 is 8.78 Å². The minimum absolute atomic E-state index is 0.184. The lowest BCUT2D eigenvalue weighted by Gasteiger charge is -2.32. The van der Waals surface area contributed by atoms with Crippen LogP contribution in [0.1, 0.15) is 43.4 Å². The van der Waals surface area contributed by atoms with Crippen LogP contribution in [0.25, 0.3) is 16.6 Å². The van der Waals surface area contributed by atoms with Crippen LogP contribution in [0.2, 0.25) is 0 Å². The number of fused-ring (bicyclic) bond motifs is 1. The summed E-state index contributed by atoms with van der Waals surface area (Å²) in [5, 5.41) is 8.19. The van der Waals surface area contributed by atoms with Gasteiger partial charge < -0.3 is 9.47 Å². The lowest BCUT2D eigenvalue weighted by atomic mass is 9.87. The van der Waals surface area contributed by atoms with E-state index in [-0.39, 0.29) is 11.6 Å². The first-order valence-corrected chi connectivity index (χ1v) is 13.0. The highest BCUT2D eigenvalue weighted by Gasteiger charge is 2.27.